The lowest BCUT2D eigenvalue weighted by Crippen LogP contribution is -2.29. The monoisotopic (exact) mass is 282 g/mol. The Hall–Kier alpha value is -0.0800. The van der Waals surface area contributed by atoms with Crippen molar-refractivity contribution in [2.45, 2.75) is 73.3 Å². The van der Waals surface area contributed by atoms with Crippen LogP contribution in [0.3, 0.4) is 0 Å². The number of nitrogens with zero attached hydrogens (tertiary/aromatic N) is 2. The summed E-state index contributed by atoms with van der Waals surface area (Å²) in [5.74, 6) is 0. The first-order valence-electron chi connectivity index (χ1n) is 8.75. The van der Waals surface area contributed by atoms with E-state index in [9.17, 15) is 0 Å². The average molecular weight is 283 g/mol. The van der Waals surface area contributed by atoms with Crippen molar-refractivity contribution in [2.24, 2.45) is 10.8 Å². The van der Waals surface area contributed by atoms with Crippen LogP contribution in [0.5, 0.6) is 0 Å². The molecular weight excluding hydrogens is 244 g/mol. The summed E-state index contributed by atoms with van der Waals surface area (Å²) in [4.78, 5) is 5.01. The average Bonchev–Trinajstić information content (AvgIpc) is 2.88. The van der Waals surface area contributed by atoms with Crippen LogP contribution in [-0.2, 0) is 0 Å². The van der Waals surface area contributed by atoms with Gasteiger partial charge in [0, 0.05) is 19.1 Å². The number of hydrogen-bond acceptors (Lipinski definition) is 2. The molecule has 2 heterocycles. The predicted octanol–water partition coefficient (Wildman–Crippen LogP) is 4.26. The quantitative estimate of drug-likeness (QED) is 0.709. The minimum absolute atomic E-state index is 0.574. The van der Waals surface area contributed by atoms with Crippen LogP contribution >= 0.6 is 0 Å². The van der Waals surface area contributed by atoms with Gasteiger partial charge in [0.1, 0.15) is 0 Å². The first-order chi connectivity index (χ1) is 9.32. The summed E-state index contributed by atoms with van der Waals surface area (Å²) in [5.41, 5.74) is 1.42. The fourth-order valence-corrected chi connectivity index (χ4v) is 3.34. The molecule has 3 fully saturated rings. The molecule has 0 amide bonds. The summed E-state index contributed by atoms with van der Waals surface area (Å²) in [6, 6.07) is 0.738. The molecule has 2 nitrogen and oxygen atoms in total. The maximum Gasteiger partial charge on any atom is 0.00388 e. The molecule has 0 bridgehead atoms. The van der Waals surface area contributed by atoms with Crippen molar-refractivity contribution < 1.29 is 0 Å². The standard InChI is InChI=1S/C9H19N.C7H13N.C2H6/c1-8(2)10-6-5-9(3,4)7-10;1-8-5-4-7(6-8)2-3-7;1-2/h8H,5-7H2,1-4H3;2-6H2,1H3;1-2H3. The Labute approximate surface area is 127 Å². The molecular formula is C18H38N2. The molecule has 0 aromatic heterocycles. The summed E-state index contributed by atoms with van der Waals surface area (Å²) in [6.07, 6.45) is 5.86. The van der Waals surface area contributed by atoms with Crippen LogP contribution in [0.2, 0.25) is 0 Å². The maximum absolute atomic E-state index is 2.56. The van der Waals surface area contributed by atoms with Gasteiger partial charge in [-0.25, -0.2) is 0 Å². The minimum atomic E-state index is 0.574. The molecule has 2 saturated heterocycles. The zero-order valence-electron chi connectivity index (χ0n) is 15.1. The lowest BCUT2D eigenvalue weighted by molar-refractivity contribution is 0.243. The van der Waals surface area contributed by atoms with Crippen LogP contribution < -0.4 is 0 Å². The molecule has 0 aromatic rings. The van der Waals surface area contributed by atoms with Crippen molar-refractivity contribution in [1.29, 1.82) is 0 Å². The van der Waals surface area contributed by atoms with Gasteiger partial charge < -0.3 is 9.80 Å². The first kappa shape index (κ1) is 18.0. The molecule has 1 spiro atoms. The highest BCUT2D eigenvalue weighted by Crippen LogP contribution is 2.52. The van der Waals surface area contributed by atoms with Crippen LogP contribution in [0.1, 0.15) is 67.2 Å². The highest BCUT2D eigenvalue weighted by atomic mass is 15.2. The molecule has 20 heavy (non-hydrogen) atoms. The number of hydrogen-bond donors (Lipinski definition) is 0. The van der Waals surface area contributed by atoms with Crippen LogP contribution in [0.25, 0.3) is 0 Å². The van der Waals surface area contributed by atoms with Gasteiger partial charge >= 0.3 is 0 Å². The van der Waals surface area contributed by atoms with Crippen molar-refractivity contribution in [3.05, 3.63) is 0 Å². The van der Waals surface area contributed by atoms with Crippen molar-refractivity contribution in [2.75, 3.05) is 33.2 Å². The van der Waals surface area contributed by atoms with Crippen LogP contribution in [0, 0.1) is 10.8 Å². The van der Waals surface area contributed by atoms with Gasteiger partial charge in [0.15, 0.2) is 0 Å². The molecule has 0 aromatic carbocycles. The fraction of sp³-hybridized carbons (Fsp3) is 1.00. The van der Waals surface area contributed by atoms with Crippen molar-refractivity contribution >= 4 is 0 Å². The zero-order chi connectivity index (χ0) is 15.4. The molecule has 0 radical (unpaired) electrons. The second-order valence-electron chi connectivity index (χ2n) is 7.97. The molecule has 2 heteroatoms. The predicted molar refractivity (Wildman–Crippen MR) is 90.2 cm³/mol. The molecule has 1 saturated carbocycles. The third-order valence-corrected chi connectivity index (χ3v) is 5.02. The third-order valence-electron chi connectivity index (χ3n) is 5.02. The Morgan fingerprint density at radius 1 is 0.850 bits per heavy atom. The van der Waals surface area contributed by atoms with E-state index in [2.05, 4.69) is 44.5 Å². The molecule has 120 valence electrons. The second-order valence-corrected chi connectivity index (χ2v) is 7.97. The number of likely N-dealkylation sites (tertiary alicyclic amines) is 2. The van der Waals surface area contributed by atoms with Crippen molar-refractivity contribution in [1.82, 2.24) is 9.80 Å². The van der Waals surface area contributed by atoms with Crippen LogP contribution in [0.15, 0.2) is 0 Å². The van der Waals surface area contributed by atoms with Gasteiger partial charge in [0.25, 0.3) is 0 Å². The largest absolute Gasteiger partial charge is 0.306 e. The normalized spacial score (nSPS) is 27.0. The Balaban J connectivity index is 0.000000181. The summed E-state index contributed by atoms with van der Waals surface area (Å²) in [7, 11) is 2.23. The van der Waals surface area contributed by atoms with Gasteiger partial charge in [-0.2, -0.15) is 0 Å². The highest BCUT2D eigenvalue weighted by molar-refractivity contribution is 4.99. The Bertz CT molecular complexity index is 279. The van der Waals surface area contributed by atoms with Gasteiger partial charge in [-0.05, 0) is 70.5 Å². The Morgan fingerprint density at radius 2 is 1.45 bits per heavy atom. The molecule has 3 aliphatic rings. The second kappa shape index (κ2) is 7.26. The minimum Gasteiger partial charge on any atom is -0.306 e. The van der Waals surface area contributed by atoms with E-state index < -0.39 is 0 Å². The van der Waals surface area contributed by atoms with Gasteiger partial charge in [-0.1, -0.05) is 27.7 Å². The summed E-state index contributed by atoms with van der Waals surface area (Å²) >= 11 is 0. The smallest absolute Gasteiger partial charge is 0.00388 e. The fourth-order valence-electron chi connectivity index (χ4n) is 3.34. The van der Waals surface area contributed by atoms with E-state index in [0.717, 1.165) is 11.5 Å². The molecule has 2 aliphatic heterocycles. The van der Waals surface area contributed by atoms with Gasteiger partial charge in [0.05, 0.1) is 0 Å². The lowest BCUT2D eigenvalue weighted by atomic mass is 9.93. The van der Waals surface area contributed by atoms with E-state index >= 15 is 0 Å². The summed E-state index contributed by atoms with van der Waals surface area (Å²) in [6.45, 7) is 18.6. The summed E-state index contributed by atoms with van der Waals surface area (Å²) < 4.78 is 0. The van der Waals surface area contributed by atoms with Gasteiger partial charge in [-0.3, -0.25) is 0 Å². The topological polar surface area (TPSA) is 6.48 Å². The van der Waals surface area contributed by atoms with Crippen molar-refractivity contribution in [3.63, 3.8) is 0 Å². The maximum atomic E-state index is 2.56. The first-order valence-corrected chi connectivity index (χ1v) is 8.75. The Morgan fingerprint density at radius 3 is 1.65 bits per heavy atom. The lowest BCUT2D eigenvalue weighted by Gasteiger charge is -2.22. The third kappa shape index (κ3) is 5.37. The molecule has 1 aliphatic carbocycles. The molecule has 3 rings (SSSR count). The Kier molecular flexibility index (Phi) is 6.53. The van der Waals surface area contributed by atoms with Gasteiger partial charge in [0.2, 0.25) is 0 Å². The zero-order valence-corrected chi connectivity index (χ0v) is 15.1. The SMILES string of the molecule is CC.CC(C)N1CCC(C)(C)C1.CN1CCC2(CC2)C1. The molecule has 0 unspecified atom stereocenters. The van der Waals surface area contributed by atoms with E-state index in [1.807, 2.05) is 13.8 Å². The summed E-state index contributed by atoms with van der Waals surface area (Å²) in [5, 5.41) is 0. The molecule has 0 N–H and O–H groups in total. The van der Waals surface area contributed by atoms with E-state index in [-0.39, 0.29) is 0 Å². The van der Waals surface area contributed by atoms with E-state index in [0.29, 0.717) is 5.41 Å². The highest BCUT2D eigenvalue weighted by Gasteiger charge is 2.46. The van der Waals surface area contributed by atoms with E-state index in [1.54, 1.807) is 0 Å². The van der Waals surface area contributed by atoms with Gasteiger partial charge in [-0.15, -0.1) is 0 Å². The van der Waals surface area contributed by atoms with E-state index in [1.165, 1.54) is 51.9 Å². The number of rotatable bonds is 1. The van der Waals surface area contributed by atoms with Crippen LogP contribution in [0.4, 0.5) is 0 Å². The molecule has 0 atom stereocenters. The van der Waals surface area contributed by atoms with Crippen molar-refractivity contribution in [3.8, 4) is 0 Å². The van der Waals surface area contributed by atoms with Crippen LogP contribution in [-0.4, -0.2) is 49.1 Å². The van der Waals surface area contributed by atoms with E-state index in [4.69, 9.17) is 0 Å².